The van der Waals surface area contributed by atoms with E-state index >= 15 is 0 Å². The Bertz CT molecular complexity index is 1080. The number of hydrogen-bond acceptors (Lipinski definition) is 8. The third kappa shape index (κ3) is 4.37. The smallest absolute Gasteiger partial charge is 0.331 e. The minimum atomic E-state index is -0.762. The van der Waals surface area contributed by atoms with Gasteiger partial charge in [-0.1, -0.05) is 0 Å². The summed E-state index contributed by atoms with van der Waals surface area (Å²) < 4.78 is 12.6. The van der Waals surface area contributed by atoms with E-state index in [4.69, 9.17) is 9.15 Å². The van der Waals surface area contributed by atoms with Crippen LogP contribution in [0, 0.1) is 24.0 Å². The number of esters is 1. The van der Waals surface area contributed by atoms with Gasteiger partial charge in [0.1, 0.15) is 0 Å². The lowest BCUT2D eigenvalue weighted by molar-refractivity contribution is -0.384. The zero-order chi connectivity index (χ0) is 21.1. The van der Waals surface area contributed by atoms with Crippen LogP contribution in [0.3, 0.4) is 0 Å². The van der Waals surface area contributed by atoms with E-state index in [-0.39, 0.29) is 17.5 Å². The fourth-order valence-corrected chi connectivity index (χ4v) is 2.69. The number of aromatic nitrogens is 4. The Morgan fingerprint density at radius 3 is 2.55 bits per heavy atom. The highest BCUT2D eigenvalue weighted by atomic mass is 16.6. The molecule has 0 radical (unpaired) electrons. The first kappa shape index (κ1) is 19.9. The molecule has 0 saturated carbocycles. The number of nitrogens with zero attached hydrogens (tertiary/aromatic N) is 5. The van der Waals surface area contributed by atoms with Gasteiger partial charge in [0.2, 0.25) is 5.89 Å². The molecule has 0 aliphatic carbocycles. The number of benzene rings is 1. The Labute approximate surface area is 166 Å². The molecule has 0 fully saturated rings. The summed E-state index contributed by atoms with van der Waals surface area (Å²) in [5.41, 5.74) is 3.09. The van der Waals surface area contributed by atoms with E-state index in [1.807, 2.05) is 20.9 Å². The zero-order valence-electron chi connectivity index (χ0n) is 16.3. The number of ether oxygens (including phenoxy) is 1. The van der Waals surface area contributed by atoms with Crippen molar-refractivity contribution in [1.82, 2.24) is 20.0 Å². The number of nitro benzene ring substituents is 1. The van der Waals surface area contributed by atoms with Crippen LogP contribution in [0.2, 0.25) is 0 Å². The monoisotopic (exact) mass is 397 g/mol. The van der Waals surface area contributed by atoms with E-state index in [0.717, 1.165) is 17.0 Å². The Morgan fingerprint density at radius 2 is 1.97 bits per heavy atom. The standard InChI is InChI=1S/C19H19N5O5/c1-11-16(12(2)23(4)22-11)9-10-17(25)28-13(3)18-20-21-19(29-18)14-5-7-15(8-6-14)24(26)27/h5-10,13H,1-4H3/b10-9+/t13-/m1/s1. The fraction of sp³-hybridized carbons (Fsp3) is 0.263. The molecule has 0 bridgehead atoms. The number of rotatable bonds is 6. The van der Waals surface area contributed by atoms with Crippen LogP contribution in [0.5, 0.6) is 0 Å². The van der Waals surface area contributed by atoms with Gasteiger partial charge in [-0.3, -0.25) is 14.8 Å². The van der Waals surface area contributed by atoms with Gasteiger partial charge in [-0.05, 0) is 39.0 Å². The van der Waals surface area contributed by atoms with Crippen molar-refractivity contribution in [2.75, 3.05) is 0 Å². The van der Waals surface area contributed by atoms with Gasteiger partial charge in [-0.25, -0.2) is 4.79 Å². The van der Waals surface area contributed by atoms with Crippen LogP contribution in [-0.2, 0) is 16.6 Å². The minimum Gasteiger partial charge on any atom is -0.449 e. The molecule has 10 heteroatoms. The molecule has 3 rings (SSSR count). The van der Waals surface area contributed by atoms with Gasteiger partial charge in [0.05, 0.1) is 10.6 Å². The molecule has 0 saturated heterocycles. The zero-order valence-corrected chi connectivity index (χ0v) is 16.3. The van der Waals surface area contributed by atoms with Crippen molar-refractivity contribution in [3.05, 3.63) is 63.3 Å². The third-order valence-corrected chi connectivity index (χ3v) is 4.36. The van der Waals surface area contributed by atoms with Crippen molar-refractivity contribution in [3.8, 4) is 11.5 Å². The van der Waals surface area contributed by atoms with Crippen LogP contribution in [0.25, 0.3) is 17.5 Å². The highest BCUT2D eigenvalue weighted by molar-refractivity contribution is 5.87. The molecule has 0 aliphatic rings. The molecule has 0 N–H and O–H groups in total. The van der Waals surface area contributed by atoms with Crippen molar-refractivity contribution >= 4 is 17.7 Å². The molecule has 1 atom stereocenters. The van der Waals surface area contributed by atoms with Crippen LogP contribution in [0.4, 0.5) is 5.69 Å². The molecule has 3 aromatic rings. The molecule has 0 unspecified atom stereocenters. The molecular weight excluding hydrogens is 378 g/mol. The number of aryl methyl sites for hydroxylation is 2. The molecular formula is C19H19N5O5. The summed E-state index contributed by atoms with van der Waals surface area (Å²) in [4.78, 5) is 22.3. The summed E-state index contributed by atoms with van der Waals surface area (Å²) >= 11 is 0. The highest BCUT2D eigenvalue weighted by Crippen LogP contribution is 2.24. The second-order valence-electron chi connectivity index (χ2n) is 6.37. The van der Waals surface area contributed by atoms with Crippen molar-refractivity contribution in [3.63, 3.8) is 0 Å². The first-order valence-corrected chi connectivity index (χ1v) is 8.73. The number of hydrogen-bond donors (Lipinski definition) is 0. The molecule has 0 spiro atoms. The molecule has 1 aromatic carbocycles. The summed E-state index contributed by atoms with van der Waals surface area (Å²) in [6.07, 6.45) is 2.21. The van der Waals surface area contributed by atoms with E-state index in [0.29, 0.717) is 5.56 Å². The SMILES string of the molecule is Cc1nn(C)c(C)c1/C=C/C(=O)O[C@H](C)c1nnc(-c2ccc([N+](=O)[O-])cc2)o1. The van der Waals surface area contributed by atoms with Crippen molar-refractivity contribution in [2.45, 2.75) is 26.9 Å². The van der Waals surface area contributed by atoms with E-state index in [9.17, 15) is 14.9 Å². The van der Waals surface area contributed by atoms with E-state index < -0.39 is 17.0 Å². The second-order valence-corrected chi connectivity index (χ2v) is 6.37. The van der Waals surface area contributed by atoms with Crippen molar-refractivity contribution < 1.29 is 18.9 Å². The van der Waals surface area contributed by atoms with E-state index in [2.05, 4.69) is 15.3 Å². The summed E-state index contributed by atoms with van der Waals surface area (Å²) in [6.45, 7) is 5.38. The van der Waals surface area contributed by atoms with Gasteiger partial charge < -0.3 is 9.15 Å². The van der Waals surface area contributed by atoms with Gasteiger partial charge in [-0.15, -0.1) is 10.2 Å². The molecule has 0 aliphatic heterocycles. The Hall–Kier alpha value is -3.82. The summed E-state index contributed by atoms with van der Waals surface area (Å²) in [7, 11) is 1.83. The molecule has 150 valence electrons. The van der Waals surface area contributed by atoms with Gasteiger partial charge in [-0.2, -0.15) is 5.10 Å². The maximum absolute atomic E-state index is 12.1. The molecule has 2 aromatic heterocycles. The maximum atomic E-state index is 12.1. The molecule has 10 nitrogen and oxygen atoms in total. The second kappa shape index (κ2) is 8.05. The number of nitro groups is 1. The summed E-state index contributed by atoms with van der Waals surface area (Å²) in [5.74, 6) is -0.265. The minimum absolute atomic E-state index is 0.0401. The lowest BCUT2D eigenvalue weighted by atomic mass is 10.2. The average Bonchev–Trinajstić information content (AvgIpc) is 3.26. The largest absolute Gasteiger partial charge is 0.449 e. The molecule has 2 heterocycles. The third-order valence-electron chi connectivity index (χ3n) is 4.36. The maximum Gasteiger partial charge on any atom is 0.331 e. The number of carbonyl (C=O) groups is 1. The highest BCUT2D eigenvalue weighted by Gasteiger charge is 2.19. The van der Waals surface area contributed by atoms with Crippen molar-refractivity contribution in [1.29, 1.82) is 0 Å². The quantitative estimate of drug-likeness (QED) is 0.268. The topological polar surface area (TPSA) is 126 Å². The molecule has 29 heavy (non-hydrogen) atoms. The normalized spacial score (nSPS) is 12.3. The summed E-state index contributed by atoms with van der Waals surface area (Å²) in [6, 6.07) is 5.70. The lowest BCUT2D eigenvalue weighted by Crippen LogP contribution is -2.06. The van der Waals surface area contributed by atoms with Crippen LogP contribution in [0.15, 0.2) is 34.8 Å². The van der Waals surface area contributed by atoms with Crippen LogP contribution in [0.1, 0.15) is 35.9 Å². The van der Waals surface area contributed by atoms with Crippen LogP contribution in [-0.4, -0.2) is 30.9 Å². The van der Waals surface area contributed by atoms with Crippen LogP contribution < -0.4 is 0 Å². The fourth-order valence-electron chi connectivity index (χ4n) is 2.69. The first-order chi connectivity index (χ1) is 13.8. The van der Waals surface area contributed by atoms with Crippen LogP contribution >= 0.6 is 0 Å². The van der Waals surface area contributed by atoms with Crippen molar-refractivity contribution in [2.24, 2.45) is 7.05 Å². The number of non-ortho nitro benzene ring substituents is 1. The van der Waals surface area contributed by atoms with Gasteiger partial charge >= 0.3 is 5.97 Å². The van der Waals surface area contributed by atoms with Gasteiger partial charge in [0.15, 0.2) is 6.10 Å². The Morgan fingerprint density at radius 1 is 1.28 bits per heavy atom. The summed E-state index contributed by atoms with van der Waals surface area (Å²) in [5, 5.41) is 22.8. The average molecular weight is 397 g/mol. The predicted molar refractivity (Wildman–Crippen MR) is 103 cm³/mol. The lowest BCUT2D eigenvalue weighted by Gasteiger charge is -2.06. The van der Waals surface area contributed by atoms with E-state index in [1.165, 1.54) is 30.3 Å². The van der Waals surface area contributed by atoms with Gasteiger partial charge in [0.25, 0.3) is 11.6 Å². The van der Waals surface area contributed by atoms with E-state index in [1.54, 1.807) is 17.7 Å². The Kier molecular flexibility index (Phi) is 5.53. The first-order valence-electron chi connectivity index (χ1n) is 8.73. The molecule has 0 amide bonds. The Balaban J connectivity index is 1.66. The number of carbonyl (C=O) groups excluding carboxylic acids is 1. The van der Waals surface area contributed by atoms with Gasteiger partial charge in [0, 0.05) is 42.1 Å². The predicted octanol–water partition coefficient (Wildman–Crippen LogP) is 3.31.